The third-order valence-corrected chi connectivity index (χ3v) is 5.37. The Morgan fingerprint density at radius 3 is 2.70 bits per heavy atom. The highest BCUT2D eigenvalue weighted by molar-refractivity contribution is 7.89. The Morgan fingerprint density at radius 2 is 2.15 bits per heavy atom. The van der Waals surface area contributed by atoms with Gasteiger partial charge in [-0.05, 0) is 26.2 Å². The molecule has 7 nitrogen and oxygen atoms in total. The van der Waals surface area contributed by atoms with Gasteiger partial charge >= 0.3 is 5.97 Å². The van der Waals surface area contributed by atoms with Crippen molar-refractivity contribution < 1.29 is 17.9 Å². The number of carbonyl (C=O) groups is 1. The minimum Gasteiger partial charge on any atom is -0.468 e. The number of nitrogens with zero attached hydrogens (tertiary/aromatic N) is 3. The lowest BCUT2D eigenvalue weighted by molar-refractivity contribution is -0.146. The number of piperidine rings is 1. The minimum atomic E-state index is -3.77. The van der Waals surface area contributed by atoms with Crippen molar-refractivity contribution in [1.82, 2.24) is 13.9 Å². The maximum atomic E-state index is 12.6. The molecule has 112 valence electrons. The number of ether oxygens (including phenoxy) is 1. The summed E-state index contributed by atoms with van der Waals surface area (Å²) in [5.41, 5.74) is 0. The summed E-state index contributed by atoms with van der Waals surface area (Å²) < 4.78 is 32.8. The van der Waals surface area contributed by atoms with Gasteiger partial charge in [-0.2, -0.15) is 4.31 Å². The SMILES string of the molecule is COC(=O)C1CCCCN1S(=O)(=O)c1cn(C)c(C)n1. The molecule has 2 rings (SSSR count). The standard InChI is InChI=1S/C12H19N3O4S/c1-9-13-11(8-14(9)2)20(17,18)15-7-5-4-6-10(15)12(16)19-3/h8,10H,4-7H2,1-3H3. The van der Waals surface area contributed by atoms with E-state index >= 15 is 0 Å². The van der Waals surface area contributed by atoms with Crippen molar-refractivity contribution in [2.75, 3.05) is 13.7 Å². The van der Waals surface area contributed by atoms with Gasteiger partial charge in [0, 0.05) is 19.8 Å². The molecular weight excluding hydrogens is 282 g/mol. The first-order valence-corrected chi connectivity index (χ1v) is 7.91. The number of esters is 1. The van der Waals surface area contributed by atoms with Gasteiger partial charge in [-0.1, -0.05) is 0 Å². The van der Waals surface area contributed by atoms with Crippen LogP contribution < -0.4 is 0 Å². The normalized spacial score (nSPS) is 20.9. The summed E-state index contributed by atoms with van der Waals surface area (Å²) in [4.78, 5) is 15.8. The van der Waals surface area contributed by atoms with Crippen LogP contribution in [0.2, 0.25) is 0 Å². The number of hydrogen-bond donors (Lipinski definition) is 0. The van der Waals surface area contributed by atoms with Gasteiger partial charge in [0.1, 0.15) is 11.9 Å². The lowest BCUT2D eigenvalue weighted by atomic mass is 10.1. The minimum absolute atomic E-state index is 0.0201. The van der Waals surface area contributed by atoms with E-state index in [4.69, 9.17) is 4.74 Å². The predicted octanol–water partition coefficient (Wildman–Crippen LogP) is 0.445. The molecule has 0 spiro atoms. The van der Waals surface area contributed by atoms with Crippen LogP contribution in [0.5, 0.6) is 0 Å². The molecule has 0 amide bonds. The second-order valence-electron chi connectivity index (χ2n) is 4.89. The van der Waals surface area contributed by atoms with Crippen LogP contribution in [0, 0.1) is 6.92 Å². The van der Waals surface area contributed by atoms with E-state index < -0.39 is 22.0 Å². The Labute approximate surface area is 118 Å². The lowest BCUT2D eigenvalue weighted by Gasteiger charge is -2.31. The number of hydrogen-bond acceptors (Lipinski definition) is 5. The monoisotopic (exact) mass is 301 g/mol. The summed E-state index contributed by atoms with van der Waals surface area (Å²) in [5, 5.41) is -0.0201. The second-order valence-corrected chi connectivity index (χ2v) is 6.73. The third kappa shape index (κ3) is 2.57. The molecule has 1 aliphatic heterocycles. The molecule has 2 heterocycles. The van der Waals surface area contributed by atoms with E-state index in [1.165, 1.54) is 17.6 Å². The van der Waals surface area contributed by atoms with Crippen molar-refractivity contribution in [3.63, 3.8) is 0 Å². The van der Waals surface area contributed by atoms with E-state index in [0.717, 1.165) is 12.8 Å². The molecule has 1 saturated heterocycles. The smallest absolute Gasteiger partial charge is 0.324 e. The summed E-state index contributed by atoms with van der Waals surface area (Å²) in [7, 11) is -0.765. The first-order valence-electron chi connectivity index (χ1n) is 6.47. The van der Waals surface area contributed by atoms with Crippen LogP contribution in [-0.4, -0.2) is 47.9 Å². The number of aryl methyl sites for hydroxylation is 2. The predicted molar refractivity (Wildman–Crippen MR) is 71.5 cm³/mol. The van der Waals surface area contributed by atoms with Crippen molar-refractivity contribution >= 4 is 16.0 Å². The van der Waals surface area contributed by atoms with Gasteiger partial charge < -0.3 is 9.30 Å². The number of aromatic nitrogens is 2. The van der Waals surface area contributed by atoms with Crippen molar-refractivity contribution in [3.05, 3.63) is 12.0 Å². The van der Waals surface area contributed by atoms with E-state index in [0.29, 0.717) is 18.8 Å². The molecule has 1 atom stereocenters. The molecule has 1 aromatic rings. The molecule has 8 heteroatoms. The number of rotatable bonds is 3. The Bertz CT molecular complexity index is 589. The van der Waals surface area contributed by atoms with E-state index in [1.807, 2.05) is 0 Å². The van der Waals surface area contributed by atoms with Gasteiger partial charge in [0.05, 0.1) is 7.11 Å². The number of sulfonamides is 1. The van der Waals surface area contributed by atoms with Gasteiger partial charge in [0.2, 0.25) is 0 Å². The lowest BCUT2D eigenvalue weighted by Crippen LogP contribution is -2.48. The number of methoxy groups -OCH3 is 1. The van der Waals surface area contributed by atoms with E-state index in [1.54, 1.807) is 18.5 Å². The highest BCUT2D eigenvalue weighted by atomic mass is 32.2. The van der Waals surface area contributed by atoms with Gasteiger partial charge in [-0.3, -0.25) is 4.79 Å². The maximum absolute atomic E-state index is 12.6. The fraction of sp³-hybridized carbons (Fsp3) is 0.667. The Hall–Kier alpha value is -1.41. The van der Waals surface area contributed by atoms with Gasteiger partial charge in [0.25, 0.3) is 10.0 Å². The summed E-state index contributed by atoms with van der Waals surface area (Å²) in [6.45, 7) is 2.05. The topological polar surface area (TPSA) is 81.5 Å². The average molecular weight is 301 g/mol. The van der Waals surface area contributed by atoms with Crippen LogP contribution in [-0.2, 0) is 26.6 Å². The van der Waals surface area contributed by atoms with Crippen LogP contribution >= 0.6 is 0 Å². The molecule has 1 aliphatic rings. The average Bonchev–Trinajstić information content (AvgIpc) is 2.78. The molecule has 0 aromatic carbocycles. The zero-order valence-corrected chi connectivity index (χ0v) is 12.7. The third-order valence-electron chi connectivity index (χ3n) is 3.59. The molecule has 0 aliphatic carbocycles. The Kier molecular flexibility index (Phi) is 4.14. The summed E-state index contributed by atoms with van der Waals surface area (Å²) in [5.74, 6) is 0.0936. The zero-order valence-electron chi connectivity index (χ0n) is 11.9. The molecule has 0 saturated carbocycles. The van der Waals surface area contributed by atoms with E-state index in [9.17, 15) is 13.2 Å². The van der Waals surface area contributed by atoms with E-state index in [-0.39, 0.29) is 5.03 Å². The molecule has 0 bridgehead atoms. The summed E-state index contributed by atoms with van der Waals surface area (Å²) in [6.07, 6.45) is 3.50. The molecule has 1 unspecified atom stereocenters. The first-order chi connectivity index (χ1) is 9.37. The molecule has 1 fully saturated rings. The highest BCUT2D eigenvalue weighted by Crippen LogP contribution is 2.25. The molecular formula is C12H19N3O4S. The van der Waals surface area contributed by atoms with Gasteiger partial charge in [-0.15, -0.1) is 0 Å². The second kappa shape index (κ2) is 5.53. The van der Waals surface area contributed by atoms with Crippen LogP contribution in [0.1, 0.15) is 25.1 Å². The largest absolute Gasteiger partial charge is 0.468 e. The quantitative estimate of drug-likeness (QED) is 0.757. The van der Waals surface area contributed by atoms with Gasteiger partial charge in [-0.25, -0.2) is 13.4 Å². The first kappa shape index (κ1) is 15.0. The van der Waals surface area contributed by atoms with Crippen LogP contribution in [0.15, 0.2) is 11.2 Å². The number of carbonyl (C=O) groups excluding carboxylic acids is 1. The fourth-order valence-corrected chi connectivity index (χ4v) is 4.01. The van der Waals surface area contributed by atoms with Crippen LogP contribution in [0.4, 0.5) is 0 Å². The maximum Gasteiger partial charge on any atom is 0.324 e. The zero-order chi connectivity index (χ0) is 14.9. The van der Waals surface area contributed by atoms with E-state index in [2.05, 4.69) is 4.98 Å². The molecule has 0 N–H and O–H groups in total. The Morgan fingerprint density at radius 1 is 1.45 bits per heavy atom. The summed E-state index contributed by atoms with van der Waals surface area (Å²) in [6, 6.07) is -0.749. The summed E-state index contributed by atoms with van der Waals surface area (Å²) >= 11 is 0. The molecule has 0 radical (unpaired) electrons. The van der Waals surface area contributed by atoms with Gasteiger partial charge in [0.15, 0.2) is 5.03 Å². The molecule has 1 aromatic heterocycles. The van der Waals surface area contributed by atoms with Crippen LogP contribution in [0.25, 0.3) is 0 Å². The van der Waals surface area contributed by atoms with Crippen molar-refractivity contribution in [2.24, 2.45) is 7.05 Å². The fourth-order valence-electron chi connectivity index (χ4n) is 2.34. The number of imidazole rings is 1. The molecule has 20 heavy (non-hydrogen) atoms. The Balaban J connectivity index is 2.37. The van der Waals surface area contributed by atoms with Crippen molar-refractivity contribution in [1.29, 1.82) is 0 Å². The van der Waals surface area contributed by atoms with Crippen molar-refractivity contribution in [2.45, 2.75) is 37.3 Å². The van der Waals surface area contributed by atoms with Crippen LogP contribution in [0.3, 0.4) is 0 Å². The highest BCUT2D eigenvalue weighted by Gasteiger charge is 2.39. The van der Waals surface area contributed by atoms with Crippen molar-refractivity contribution in [3.8, 4) is 0 Å².